The fourth-order valence-electron chi connectivity index (χ4n) is 3.77. The summed E-state index contributed by atoms with van der Waals surface area (Å²) in [6.07, 6.45) is 10.2. The van der Waals surface area contributed by atoms with Crippen LogP contribution in [0.4, 0.5) is 0 Å². The Bertz CT molecular complexity index is 684. The molecule has 2 amide bonds. The summed E-state index contributed by atoms with van der Waals surface area (Å²) in [5, 5.41) is 2.93. The van der Waals surface area contributed by atoms with Gasteiger partial charge in [0.15, 0.2) is 0 Å². The maximum Gasteiger partial charge on any atom is 0.272 e. The lowest BCUT2D eigenvalue weighted by Gasteiger charge is -2.30. The highest BCUT2D eigenvalue weighted by molar-refractivity contribution is 5.96. The lowest BCUT2D eigenvalue weighted by Crippen LogP contribution is -2.39. The van der Waals surface area contributed by atoms with Crippen molar-refractivity contribution in [2.75, 3.05) is 19.6 Å². The van der Waals surface area contributed by atoms with Crippen LogP contribution in [0.2, 0.25) is 0 Å². The largest absolute Gasteiger partial charge is 0.350 e. The third kappa shape index (κ3) is 4.93. The number of carbonyl (C=O) groups is 2. The second-order valence-corrected chi connectivity index (χ2v) is 7.52. The number of piperidine rings is 1. The molecule has 2 aliphatic rings. The maximum absolute atomic E-state index is 12.7. The number of rotatable bonds is 5. The molecular formula is C21H29N3O2. The van der Waals surface area contributed by atoms with Gasteiger partial charge in [-0.05, 0) is 63.0 Å². The number of pyridine rings is 1. The Morgan fingerprint density at radius 3 is 2.85 bits per heavy atom. The smallest absolute Gasteiger partial charge is 0.272 e. The highest BCUT2D eigenvalue weighted by atomic mass is 16.2. The van der Waals surface area contributed by atoms with Crippen LogP contribution in [0.5, 0.6) is 0 Å². The topological polar surface area (TPSA) is 62.3 Å². The van der Waals surface area contributed by atoms with Crippen LogP contribution in [0.1, 0.15) is 72.8 Å². The summed E-state index contributed by atoms with van der Waals surface area (Å²) < 4.78 is 0. The highest BCUT2D eigenvalue weighted by Gasteiger charge is 2.23. The minimum absolute atomic E-state index is 0.0708. The lowest BCUT2D eigenvalue weighted by molar-refractivity contribution is 0.0677. The second kappa shape index (κ2) is 8.97. The van der Waals surface area contributed by atoms with Crippen molar-refractivity contribution in [3.63, 3.8) is 0 Å². The normalized spacial score (nSPS) is 20.4. The number of hydrogen-bond donors (Lipinski definition) is 1. The van der Waals surface area contributed by atoms with Gasteiger partial charge in [0, 0.05) is 19.6 Å². The highest BCUT2D eigenvalue weighted by Crippen LogP contribution is 2.19. The first kappa shape index (κ1) is 18.6. The quantitative estimate of drug-likeness (QED) is 0.821. The van der Waals surface area contributed by atoms with Gasteiger partial charge in [-0.1, -0.05) is 24.6 Å². The van der Waals surface area contributed by atoms with E-state index in [0.29, 0.717) is 23.9 Å². The molecule has 5 nitrogen and oxygen atoms in total. The first-order chi connectivity index (χ1) is 12.6. The zero-order valence-corrected chi connectivity index (χ0v) is 15.7. The van der Waals surface area contributed by atoms with Crippen LogP contribution in [0.3, 0.4) is 0 Å². The number of allylic oxidation sites excluding steroid dienone is 1. The molecule has 26 heavy (non-hydrogen) atoms. The van der Waals surface area contributed by atoms with E-state index in [4.69, 9.17) is 0 Å². The Morgan fingerprint density at radius 1 is 1.23 bits per heavy atom. The molecule has 1 N–H and O–H groups in total. The third-order valence-corrected chi connectivity index (χ3v) is 5.26. The van der Waals surface area contributed by atoms with Crippen molar-refractivity contribution in [1.29, 1.82) is 0 Å². The summed E-state index contributed by atoms with van der Waals surface area (Å²) in [6.45, 7) is 4.33. The molecule has 2 heterocycles. The Kier molecular flexibility index (Phi) is 6.42. The van der Waals surface area contributed by atoms with Crippen molar-refractivity contribution in [2.24, 2.45) is 5.92 Å². The molecule has 1 aliphatic heterocycles. The number of hydrogen-bond acceptors (Lipinski definition) is 3. The number of nitrogens with zero attached hydrogens (tertiary/aromatic N) is 2. The van der Waals surface area contributed by atoms with Gasteiger partial charge >= 0.3 is 0 Å². The fourth-order valence-corrected chi connectivity index (χ4v) is 3.77. The summed E-state index contributed by atoms with van der Waals surface area (Å²) in [4.78, 5) is 31.2. The molecule has 1 aliphatic carbocycles. The van der Waals surface area contributed by atoms with Crippen molar-refractivity contribution in [3.8, 4) is 0 Å². The minimum Gasteiger partial charge on any atom is -0.350 e. The molecule has 0 saturated carbocycles. The summed E-state index contributed by atoms with van der Waals surface area (Å²) in [6, 6.07) is 5.11. The Labute approximate surface area is 155 Å². The standard InChI is InChI=1S/C21H29N3O2/c1-16-7-6-14-24(15-16)21(26)19-11-5-10-18(23-19)20(25)22-13-12-17-8-3-2-4-9-17/h5,8,10-11,16H,2-4,6-7,9,12-15H2,1H3,(H,22,25). The molecule has 1 aromatic heterocycles. The molecule has 0 spiro atoms. The predicted molar refractivity (Wildman–Crippen MR) is 102 cm³/mol. The molecule has 1 saturated heterocycles. The number of nitrogens with one attached hydrogen (secondary N) is 1. The Hall–Kier alpha value is -2.17. The number of carbonyl (C=O) groups excluding carboxylic acids is 2. The lowest BCUT2D eigenvalue weighted by atomic mass is 9.97. The van der Waals surface area contributed by atoms with Gasteiger partial charge in [0.1, 0.15) is 11.4 Å². The van der Waals surface area contributed by atoms with E-state index in [1.54, 1.807) is 18.2 Å². The molecule has 0 bridgehead atoms. The zero-order valence-electron chi connectivity index (χ0n) is 15.7. The number of amides is 2. The summed E-state index contributed by atoms with van der Waals surface area (Å²) in [7, 11) is 0. The number of aromatic nitrogens is 1. The molecule has 0 radical (unpaired) electrons. The minimum atomic E-state index is -0.205. The van der Waals surface area contributed by atoms with E-state index in [1.165, 1.54) is 18.4 Å². The Morgan fingerprint density at radius 2 is 2.08 bits per heavy atom. The van der Waals surface area contributed by atoms with Gasteiger partial charge in [-0.2, -0.15) is 0 Å². The average Bonchev–Trinajstić information content (AvgIpc) is 2.68. The van der Waals surface area contributed by atoms with Crippen molar-refractivity contribution >= 4 is 11.8 Å². The molecule has 1 aromatic rings. The van der Waals surface area contributed by atoms with Gasteiger partial charge in [0.2, 0.25) is 0 Å². The van der Waals surface area contributed by atoms with Gasteiger partial charge in [0.25, 0.3) is 11.8 Å². The van der Waals surface area contributed by atoms with Gasteiger partial charge < -0.3 is 10.2 Å². The van der Waals surface area contributed by atoms with Crippen LogP contribution in [0.15, 0.2) is 29.8 Å². The monoisotopic (exact) mass is 355 g/mol. The first-order valence-corrected chi connectivity index (χ1v) is 9.86. The van der Waals surface area contributed by atoms with E-state index in [-0.39, 0.29) is 11.8 Å². The summed E-state index contributed by atoms with van der Waals surface area (Å²) in [5.74, 6) is 0.245. The summed E-state index contributed by atoms with van der Waals surface area (Å²) in [5.41, 5.74) is 2.12. The zero-order chi connectivity index (χ0) is 18.4. The van der Waals surface area contributed by atoms with E-state index < -0.39 is 0 Å². The van der Waals surface area contributed by atoms with E-state index >= 15 is 0 Å². The molecule has 0 aromatic carbocycles. The predicted octanol–water partition coefficient (Wildman–Crippen LogP) is 3.57. The molecule has 1 atom stereocenters. The van der Waals surface area contributed by atoms with Crippen molar-refractivity contribution in [2.45, 2.75) is 51.9 Å². The van der Waals surface area contributed by atoms with E-state index in [1.807, 2.05) is 4.90 Å². The summed E-state index contributed by atoms with van der Waals surface area (Å²) >= 11 is 0. The van der Waals surface area contributed by atoms with Crippen LogP contribution < -0.4 is 5.32 Å². The molecule has 1 unspecified atom stereocenters. The van der Waals surface area contributed by atoms with Crippen molar-refractivity contribution in [1.82, 2.24) is 15.2 Å². The Balaban J connectivity index is 1.56. The van der Waals surface area contributed by atoms with Crippen LogP contribution in [-0.4, -0.2) is 41.3 Å². The first-order valence-electron chi connectivity index (χ1n) is 9.86. The van der Waals surface area contributed by atoms with Crippen LogP contribution in [0, 0.1) is 5.92 Å². The van der Waals surface area contributed by atoms with E-state index in [9.17, 15) is 9.59 Å². The SMILES string of the molecule is CC1CCCN(C(=O)c2cccc(C(=O)NCCC3=CCCCC3)n2)C1. The molecule has 5 heteroatoms. The fraction of sp³-hybridized carbons (Fsp3) is 0.571. The van der Waals surface area contributed by atoms with E-state index in [2.05, 4.69) is 23.3 Å². The van der Waals surface area contributed by atoms with Crippen LogP contribution >= 0.6 is 0 Å². The van der Waals surface area contributed by atoms with Gasteiger partial charge in [-0.15, -0.1) is 0 Å². The van der Waals surface area contributed by atoms with Gasteiger partial charge in [0.05, 0.1) is 0 Å². The van der Waals surface area contributed by atoms with Crippen LogP contribution in [-0.2, 0) is 0 Å². The third-order valence-electron chi connectivity index (χ3n) is 5.26. The number of likely N-dealkylation sites (tertiary alicyclic amines) is 1. The van der Waals surface area contributed by atoms with Crippen molar-refractivity contribution < 1.29 is 9.59 Å². The molecule has 1 fully saturated rings. The van der Waals surface area contributed by atoms with Crippen LogP contribution in [0.25, 0.3) is 0 Å². The maximum atomic E-state index is 12.7. The average molecular weight is 355 g/mol. The molecule has 140 valence electrons. The van der Waals surface area contributed by atoms with Gasteiger partial charge in [-0.25, -0.2) is 4.98 Å². The molecule has 3 rings (SSSR count). The molecular weight excluding hydrogens is 326 g/mol. The van der Waals surface area contributed by atoms with E-state index in [0.717, 1.165) is 45.2 Å². The van der Waals surface area contributed by atoms with Gasteiger partial charge in [-0.3, -0.25) is 9.59 Å². The van der Waals surface area contributed by atoms with Crippen molar-refractivity contribution in [3.05, 3.63) is 41.2 Å². The second-order valence-electron chi connectivity index (χ2n) is 7.52.